The highest BCUT2D eigenvalue weighted by molar-refractivity contribution is 6.30. The third kappa shape index (κ3) is 5.62. The van der Waals surface area contributed by atoms with E-state index in [9.17, 15) is 9.90 Å². The van der Waals surface area contributed by atoms with E-state index in [0.717, 1.165) is 16.9 Å². The molecule has 0 aliphatic rings. The second-order valence-electron chi connectivity index (χ2n) is 8.39. The second kappa shape index (κ2) is 8.90. The number of amides is 2. The number of carbonyl (C=O) groups is 1. The molecule has 3 rings (SSSR count). The summed E-state index contributed by atoms with van der Waals surface area (Å²) in [6.07, 6.45) is 0.104. The standard InChI is InChI=1S/C23H27ClN4O2/c1-15(29)12-16-6-5-7-19(13-16)28-21(14-20(27-28)23(2,3)4)26-22(30)25-18-10-8-17(24)9-11-18/h5-11,13-15,29H,12H2,1-4H3,(H2,25,26,30). The van der Waals surface area contributed by atoms with Crippen molar-refractivity contribution in [1.82, 2.24) is 9.78 Å². The number of anilines is 2. The topological polar surface area (TPSA) is 79.2 Å². The highest BCUT2D eigenvalue weighted by atomic mass is 35.5. The maximum Gasteiger partial charge on any atom is 0.324 e. The van der Waals surface area contributed by atoms with Crippen molar-refractivity contribution >= 4 is 29.1 Å². The normalized spacial score (nSPS) is 12.5. The summed E-state index contributed by atoms with van der Waals surface area (Å²) in [6.45, 7) is 7.97. The number of aromatic nitrogens is 2. The first-order chi connectivity index (χ1) is 14.1. The molecular formula is C23H27ClN4O2. The lowest BCUT2D eigenvalue weighted by Crippen LogP contribution is -2.21. The first kappa shape index (κ1) is 21.9. The molecule has 0 saturated heterocycles. The van der Waals surface area contributed by atoms with E-state index in [-0.39, 0.29) is 11.4 Å². The lowest BCUT2D eigenvalue weighted by Gasteiger charge is -2.14. The number of hydrogen-bond donors (Lipinski definition) is 3. The number of hydrogen-bond acceptors (Lipinski definition) is 3. The van der Waals surface area contributed by atoms with Crippen LogP contribution in [0.25, 0.3) is 5.69 Å². The molecule has 3 aromatic rings. The summed E-state index contributed by atoms with van der Waals surface area (Å²) in [6, 6.07) is 16.2. The van der Waals surface area contributed by atoms with Gasteiger partial charge in [-0.1, -0.05) is 44.5 Å². The zero-order valence-corrected chi connectivity index (χ0v) is 18.4. The Balaban J connectivity index is 1.90. The fourth-order valence-corrected chi connectivity index (χ4v) is 3.13. The van der Waals surface area contributed by atoms with E-state index in [2.05, 4.69) is 31.4 Å². The highest BCUT2D eigenvalue weighted by Crippen LogP contribution is 2.27. The fourth-order valence-electron chi connectivity index (χ4n) is 3.00. The van der Waals surface area contributed by atoms with Gasteiger partial charge in [-0.05, 0) is 55.3 Å². The first-order valence-corrected chi connectivity index (χ1v) is 10.2. The number of benzene rings is 2. The van der Waals surface area contributed by atoms with Crippen molar-refractivity contribution in [2.24, 2.45) is 0 Å². The number of aliphatic hydroxyl groups is 1. The summed E-state index contributed by atoms with van der Waals surface area (Å²) < 4.78 is 1.72. The quantitative estimate of drug-likeness (QED) is 0.511. The molecule has 3 N–H and O–H groups in total. The Morgan fingerprint density at radius 2 is 1.83 bits per heavy atom. The van der Waals surface area contributed by atoms with Crippen LogP contribution >= 0.6 is 11.6 Å². The Kier molecular flexibility index (Phi) is 6.48. The molecule has 30 heavy (non-hydrogen) atoms. The summed E-state index contributed by atoms with van der Waals surface area (Å²) in [4.78, 5) is 12.6. The number of urea groups is 1. The number of halogens is 1. The van der Waals surface area contributed by atoms with Crippen LogP contribution in [0.3, 0.4) is 0 Å². The number of carbonyl (C=O) groups excluding carboxylic acids is 1. The van der Waals surface area contributed by atoms with Crippen LogP contribution in [-0.2, 0) is 11.8 Å². The molecule has 1 atom stereocenters. The van der Waals surface area contributed by atoms with Crippen LogP contribution in [-0.4, -0.2) is 27.0 Å². The average molecular weight is 427 g/mol. The summed E-state index contributed by atoms with van der Waals surface area (Å²) in [7, 11) is 0. The Bertz CT molecular complexity index is 1020. The molecule has 0 saturated carbocycles. The Labute approximate surface area is 181 Å². The Morgan fingerprint density at radius 3 is 2.47 bits per heavy atom. The van der Waals surface area contributed by atoms with E-state index in [1.807, 2.05) is 30.3 Å². The van der Waals surface area contributed by atoms with Crippen molar-refractivity contribution in [3.05, 3.63) is 70.9 Å². The van der Waals surface area contributed by atoms with Crippen molar-refractivity contribution in [3.8, 4) is 5.69 Å². The second-order valence-corrected chi connectivity index (χ2v) is 8.82. The first-order valence-electron chi connectivity index (χ1n) is 9.83. The predicted octanol–water partition coefficient (Wildman–Crippen LogP) is 5.39. The third-order valence-electron chi connectivity index (χ3n) is 4.51. The van der Waals surface area contributed by atoms with Crippen molar-refractivity contribution in [2.45, 2.75) is 45.6 Å². The van der Waals surface area contributed by atoms with Crippen LogP contribution in [0.5, 0.6) is 0 Å². The molecule has 0 aliphatic carbocycles. The SMILES string of the molecule is CC(O)Cc1cccc(-n2nc(C(C)(C)C)cc2NC(=O)Nc2ccc(Cl)cc2)c1. The van der Waals surface area contributed by atoms with Crippen molar-refractivity contribution < 1.29 is 9.90 Å². The van der Waals surface area contributed by atoms with Crippen LogP contribution < -0.4 is 10.6 Å². The van der Waals surface area contributed by atoms with Gasteiger partial charge in [-0.2, -0.15) is 5.10 Å². The molecular weight excluding hydrogens is 400 g/mol. The van der Waals surface area contributed by atoms with Crippen LogP contribution in [0.15, 0.2) is 54.6 Å². The average Bonchev–Trinajstić information content (AvgIpc) is 3.07. The number of aliphatic hydroxyl groups excluding tert-OH is 1. The molecule has 158 valence electrons. The van der Waals surface area contributed by atoms with Crippen LogP contribution in [0, 0.1) is 0 Å². The number of rotatable bonds is 5. The third-order valence-corrected chi connectivity index (χ3v) is 4.76. The van der Waals surface area contributed by atoms with Gasteiger partial charge >= 0.3 is 6.03 Å². The minimum absolute atomic E-state index is 0.189. The summed E-state index contributed by atoms with van der Waals surface area (Å²) in [5, 5.41) is 20.7. The molecule has 0 fully saturated rings. The number of nitrogens with zero attached hydrogens (tertiary/aromatic N) is 2. The monoisotopic (exact) mass is 426 g/mol. The van der Waals surface area contributed by atoms with E-state index < -0.39 is 6.10 Å². The Morgan fingerprint density at radius 1 is 1.13 bits per heavy atom. The molecule has 0 aliphatic heterocycles. The van der Waals surface area contributed by atoms with Gasteiger partial charge in [0.25, 0.3) is 0 Å². The lowest BCUT2D eigenvalue weighted by atomic mass is 9.92. The summed E-state index contributed by atoms with van der Waals surface area (Å²) >= 11 is 5.90. The molecule has 0 spiro atoms. The zero-order valence-electron chi connectivity index (χ0n) is 17.6. The van der Waals surface area contributed by atoms with E-state index in [1.165, 1.54) is 0 Å². The lowest BCUT2D eigenvalue weighted by molar-refractivity contribution is 0.195. The van der Waals surface area contributed by atoms with Crippen molar-refractivity contribution in [2.75, 3.05) is 10.6 Å². The van der Waals surface area contributed by atoms with Gasteiger partial charge in [-0.3, -0.25) is 5.32 Å². The van der Waals surface area contributed by atoms with Gasteiger partial charge in [0.1, 0.15) is 5.82 Å². The molecule has 0 bridgehead atoms. The highest BCUT2D eigenvalue weighted by Gasteiger charge is 2.21. The zero-order chi connectivity index (χ0) is 21.9. The minimum Gasteiger partial charge on any atom is -0.393 e. The van der Waals surface area contributed by atoms with Crippen LogP contribution in [0.4, 0.5) is 16.3 Å². The van der Waals surface area contributed by atoms with Gasteiger partial charge in [0.2, 0.25) is 0 Å². The molecule has 1 unspecified atom stereocenters. The predicted molar refractivity (Wildman–Crippen MR) is 122 cm³/mol. The summed E-state index contributed by atoms with van der Waals surface area (Å²) in [5.74, 6) is 0.556. The van der Waals surface area contributed by atoms with E-state index in [1.54, 1.807) is 35.9 Å². The smallest absolute Gasteiger partial charge is 0.324 e. The van der Waals surface area contributed by atoms with E-state index >= 15 is 0 Å². The van der Waals surface area contributed by atoms with Gasteiger partial charge in [0, 0.05) is 22.2 Å². The molecule has 2 amide bonds. The largest absolute Gasteiger partial charge is 0.393 e. The minimum atomic E-state index is -0.439. The van der Waals surface area contributed by atoms with Crippen LogP contribution in [0.2, 0.25) is 5.02 Å². The fraction of sp³-hybridized carbons (Fsp3) is 0.304. The maximum absolute atomic E-state index is 12.6. The molecule has 7 heteroatoms. The van der Waals surface area contributed by atoms with Crippen molar-refractivity contribution in [1.29, 1.82) is 0 Å². The van der Waals surface area contributed by atoms with Gasteiger partial charge in [-0.25, -0.2) is 9.48 Å². The van der Waals surface area contributed by atoms with Gasteiger partial charge in [0.05, 0.1) is 17.5 Å². The van der Waals surface area contributed by atoms with Gasteiger partial charge in [0.15, 0.2) is 0 Å². The molecule has 2 aromatic carbocycles. The maximum atomic E-state index is 12.6. The number of nitrogens with one attached hydrogen (secondary N) is 2. The Hall–Kier alpha value is -2.83. The molecule has 1 heterocycles. The van der Waals surface area contributed by atoms with E-state index in [0.29, 0.717) is 22.9 Å². The molecule has 0 radical (unpaired) electrons. The van der Waals surface area contributed by atoms with E-state index in [4.69, 9.17) is 16.7 Å². The van der Waals surface area contributed by atoms with Gasteiger partial charge < -0.3 is 10.4 Å². The molecule has 6 nitrogen and oxygen atoms in total. The summed E-state index contributed by atoms with van der Waals surface area (Å²) in [5.41, 5.74) is 3.10. The van der Waals surface area contributed by atoms with Gasteiger partial charge in [-0.15, -0.1) is 0 Å². The van der Waals surface area contributed by atoms with Crippen molar-refractivity contribution in [3.63, 3.8) is 0 Å². The van der Waals surface area contributed by atoms with Crippen LogP contribution in [0.1, 0.15) is 39.0 Å². The molecule has 1 aromatic heterocycles.